The first kappa shape index (κ1) is 11.4. The lowest BCUT2D eigenvalue weighted by Gasteiger charge is -2.21. The second-order valence-corrected chi connectivity index (χ2v) is 5.39. The van der Waals surface area contributed by atoms with E-state index in [0.29, 0.717) is 6.54 Å². The molecule has 4 heteroatoms. The van der Waals surface area contributed by atoms with Crippen LogP contribution in [-0.2, 0) is 0 Å². The molecular weight excluding hydrogens is 226 g/mol. The van der Waals surface area contributed by atoms with Crippen molar-refractivity contribution >= 4 is 16.7 Å². The number of hydrogen-bond donors (Lipinski definition) is 1. The van der Waals surface area contributed by atoms with Crippen molar-refractivity contribution in [2.45, 2.75) is 25.9 Å². The number of benzene rings is 1. The summed E-state index contributed by atoms with van der Waals surface area (Å²) in [4.78, 5) is 10.8. The maximum absolute atomic E-state index is 10.1. The van der Waals surface area contributed by atoms with E-state index in [2.05, 4.69) is 33.9 Å². The normalized spacial score (nSPS) is 23.8. The minimum atomic E-state index is -0.610. The number of nitrogens with zero attached hydrogens (tertiary/aromatic N) is 3. The molecule has 1 fully saturated rings. The van der Waals surface area contributed by atoms with E-state index in [0.717, 1.165) is 29.7 Å². The zero-order valence-electron chi connectivity index (χ0n) is 10.7. The van der Waals surface area contributed by atoms with E-state index in [4.69, 9.17) is 0 Å². The highest BCUT2D eigenvalue weighted by Crippen LogP contribution is 2.29. The van der Waals surface area contributed by atoms with Crippen LogP contribution in [0.2, 0.25) is 0 Å². The fourth-order valence-corrected chi connectivity index (χ4v) is 2.53. The first-order valence-corrected chi connectivity index (χ1v) is 6.24. The number of aryl methyl sites for hydroxylation is 1. The van der Waals surface area contributed by atoms with E-state index in [1.807, 2.05) is 13.0 Å². The van der Waals surface area contributed by atoms with Crippen LogP contribution >= 0.6 is 0 Å². The van der Waals surface area contributed by atoms with E-state index >= 15 is 0 Å². The van der Waals surface area contributed by atoms with Crippen molar-refractivity contribution in [2.75, 3.05) is 18.0 Å². The molecule has 0 bridgehead atoms. The van der Waals surface area contributed by atoms with Crippen molar-refractivity contribution < 1.29 is 5.11 Å². The van der Waals surface area contributed by atoms with Crippen LogP contribution in [0.4, 0.5) is 5.82 Å². The lowest BCUT2D eigenvalue weighted by molar-refractivity contribution is 0.0839. The Morgan fingerprint density at radius 3 is 2.89 bits per heavy atom. The van der Waals surface area contributed by atoms with Crippen LogP contribution in [0.15, 0.2) is 24.5 Å². The highest BCUT2D eigenvalue weighted by Gasteiger charge is 2.32. The highest BCUT2D eigenvalue weighted by atomic mass is 16.3. The Hall–Kier alpha value is -1.68. The van der Waals surface area contributed by atoms with Crippen molar-refractivity contribution in [3.8, 4) is 0 Å². The Morgan fingerprint density at radius 2 is 2.17 bits per heavy atom. The first-order chi connectivity index (χ1) is 8.55. The van der Waals surface area contributed by atoms with Gasteiger partial charge in [-0.05, 0) is 32.4 Å². The molecule has 0 spiro atoms. The largest absolute Gasteiger partial charge is 0.388 e. The quantitative estimate of drug-likeness (QED) is 0.831. The standard InChI is InChI=1S/C14H17N3O/c1-10-3-4-12-11(7-10)13(16-9-15-12)17-6-5-14(2,18)8-17/h3-4,7,9,18H,5-6,8H2,1-2H3. The third kappa shape index (κ3) is 1.93. The van der Waals surface area contributed by atoms with E-state index in [1.165, 1.54) is 5.56 Å². The second-order valence-electron chi connectivity index (χ2n) is 5.39. The van der Waals surface area contributed by atoms with Crippen LogP contribution in [0.25, 0.3) is 10.9 Å². The molecule has 3 rings (SSSR count). The number of β-amino-alcohol motifs (C(OH)–C–C–N with tert-alkyl or cyclic N) is 1. The Kier molecular flexibility index (Phi) is 2.48. The Labute approximate surface area is 106 Å². The predicted molar refractivity (Wildman–Crippen MR) is 71.7 cm³/mol. The van der Waals surface area contributed by atoms with Crippen LogP contribution in [0.3, 0.4) is 0 Å². The van der Waals surface area contributed by atoms with Crippen molar-refractivity contribution in [3.63, 3.8) is 0 Å². The fourth-order valence-electron chi connectivity index (χ4n) is 2.53. The molecule has 1 aromatic carbocycles. The fraction of sp³-hybridized carbons (Fsp3) is 0.429. The third-order valence-electron chi connectivity index (χ3n) is 3.52. The van der Waals surface area contributed by atoms with Gasteiger partial charge >= 0.3 is 0 Å². The van der Waals surface area contributed by atoms with Gasteiger partial charge in [0.2, 0.25) is 0 Å². The van der Waals surface area contributed by atoms with Crippen LogP contribution in [0.1, 0.15) is 18.9 Å². The summed E-state index contributed by atoms with van der Waals surface area (Å²) in [6.45, 7) is 5.41. The van der Waals surface area contributed by atoms with E-state index in [9.17, 15) is 5.11 Å². The summed E-state index contributed by atoms with van der Waals surface area (Å²) in [6, 6.07) is 6.18. The zero-order chi connectivity index (χ0) is 12.8. The number of hydrogen-bond acceptors (Lipinski definition) is 4. The summed E-state index contributed by atoms with van der Waals surface area (Å²) in [7, 11) is 0. The summed E-state index contributed by atoms with van der Waals surface area (Å²) in [5.41, 5.74) is 1.54. The third-order valence-corrected chi connectivity index (χ3v) is 3.52. The van der Waals surface area contributed by atoms with Crippen molar-refractivity contribution in [3.05, 3.63) is 30.1 Å². The Morgan fingerprint density at radius 1 is 1.33 bits per heavy atom. The number of rotatable bonds is 1. The van der Waals surface area contributed by atoms with Gasteiger partial charge in [-0.2, -0.15) is 0 Å². The van der Waals surface area contributed by atoms with Gasteiger partial charge in [0.1, 0.15) is 12.1 Å². The summed E-state index contributed by atoms with van der Waals surface area (Å²) >= 11 is 0. The molecule has 4 nitrogen and oxygen atoms in total. The Balaban J connectivity index is 2.09. The monoisotopic (exact) mass is 243 g/mol. The second kappa shape index (κ2) is 3.92. The number of aromatic nitrogens is 2. The average molecular weight is 243 g/mol. The summed E-state index contributed by atoms with van der Waals surface area (Å²) in [5.74, 6) is 0.932. The molecule has 1 saturated heterocycles. The molecule has 1 aromatic heterocycles. The van der Waals surface area contributed by atoms with E-state index in [-0.39, 0.29) is 0 Å². The molecule has 1 atom stereocenters. The molecule has 0 amide bonds. The molecule has 1 unspecified atom stereocenters. The number of anilines is 1. The molecule has 1 aliphatic heterocycles. The summed E-state index contributed by atoms with van der Waals surface area (Å²) < 4.78 is 0. The molecule has 94 valence electrons. The smallest absolute Gasteiger partial charge is 0.139 e. The van der Waals surface area contributed by atoms with E-state index in [1.54, 1.807) is 6.33 Å². The first-order valence-electron chi connectivity index (χ1n) is 6.24. The van der Waals surface area contributed by atoms with Gasteiger partial charge in [0.05, 0.1) is 11.1 Å². The van der Waals surface area contributed by atoms with Gasteiger partial charge in [-0.15, -0.1) is 0 Å². The van der Waals surface area contributed by atoms with Crippen molar-refractivity contribution in [1.29, 1.82) is 0 Å². The molecule has 2 aromatic rings. The van der Waals surface area contributed by atoms with Crippen LogP contribution in [-0.4, -0.2) is 33.8 Å². The predicted octanol–water partition coefficient (Wildman–Crippen LogP) is 1.90. The van der Waals surface area contributed by atoms with Gasteiger partial charge in [0, 0.05) is 18.5 Å². The average Bonchev–Trinajstić information content (AvgIpc) is 2.69. The summed E-state index contributed by atoms with van der Waals surface area (Å²) in [5, 5.41) is 11.1. The van der Waals surface area contributed by atoms with Crippen LogP contribution in [0, 0.1) is 6.92 Å². The van der Waals surface area contributed by atoms with Gasteiger partial charge in [0.25, 0.3) is 0 Å². The van der Waals surface area contributed by atoms with Crippen LogP contribution in [0.5, 0.6) is 0 Å². The molecule has 1 N–H and O–H groups in total. The van der Waals surface area contributed by atoms with Crippen molar-refractivity contribution in [1.82, 2.24) is 9.97 Å². The molecule has 0 aliphatic carbocycles. The molecule has 0 saturated carbocycles. The van der Waals surface area contributed by atoms with Gasteiger partial charge in [0.15, 0.2) is 0 Å². The topological polar surface area (TPSA) is 49.2 Å². The molecular formula is C14H17N3O. The van der Waals surface area contributed by atoms with E-state index < -0.39 is 5.60 Å². The number of aliphatic hydroxyl groups is 1. The minimum Gasteiger partial charge on any atom is -0.388 e. The lowest BCUT2D eigenvalue weighted by atomic mass is 10.1. The SMILES string of the molecule is Cc1ccc2ncnc(N3CCC(C)(O)C3)c2c1. The van der Waals surface area contributed by atoms with Gasteiger partial charge < -0.3 is 10.0 Å². The summed E-state index contributed by atoms with van der Waals surface area (Å²) in [6.07, 6.45) is 2.38. The van der Waals surface area contributed by atoms with Gasteiger partial charge in [-0.1, -0.05) is 11.6 Å². The Bertz CT molecular complexity index is 595. The maximum atomic E-state index is 10.1. The molecule has 2 heterocycles. The van der Waals surface area contributed by atoms with Gasteiger partial charge in [-0.3, -0.25) is 0 Å². The van der Waals surface area contributed by atoms with Gasteiger partial charge in [-0.25, -0.2) is 9.97 Å². The minimum absolute atomic E-state index is 0.610. The number of fused-ring (bicyclic) bond motifs is 1. The molecule has 0 radical (unpaired) electrons. The maximum Gasteiger partial charge on any atom is 0.139 e. The zero-order valence-corrected chi connectivity index (χ0v) is 10.7. The van der Waals surface area contributed by atoms with Crippen LogP contribution < -0.4 is 4.90 Å². The highest BCUT2D eigenvalue weighted by molar-refractivity contribution is 5.89. The molecule has 18 heavy (non-hydrogen) atoms. The molecule has 1 aliphatic rings. The van der Waals surface area contributed by atoms with Crippen molar-refractivity contribution in [2.24, 2.45) is 0 Å². The lowest BCUT2D eigenvalue weighted by Crippen LogP contribution is -2.30.